The third-order valence-corrected chi connectivity index (χ3v) is 11.5. The molecule has 0 bridgehead atoms. The number of nitrogens with two attached hydrogens (primary N) is 1. The summed E-state index contributed by atoms with van der Waals surface area (Å²) in [5.74, 6) is 4.72. The van der Waals surface area contributed by atoms with E-state index in [0.717, 1.165) is 9.75 Å². The van der Waals surface area contributed by atoms with Crippen LogP contribution in [0, 0.1) is 0 Å². The summed E-state index contributed by atoms with van der Waals surface area (Å²) < 4.78 is 13.8. The van der Waals surface area contributed by atoms with Crippen LogP contribution in [0.5, 0.6) is 0 Å². The average Bonchev–Trinajstić information content (AvgIpc) is 3.16. The number of hydrogen-bond donors (Lipinski definition) is 1. The maximum atomic E-state index is 13.3. The molecule has 1 aliphatic heterocycles. The molecule has 2 atom stereocenters. The number of nitrogens with zero attached hydrogens (tertiary/aromatic N) is 1. The molecule has 2 N–H and O–H groups in total. The number of hydrogen-bond acceptors (Lipinski definition) is 5. The molecule has 0 saturated carbocycles. The predicted octanol–water partition coefficient (Wildman–Crippen LogP) is 5.36. The normalized spacial score (nSPS) is 27.6. The lowest BCUT2D eigenvalue weighted by Gasteiger charge is -2.40. The van der Waals surface area contributed by atoms with E-state index >= 15 is 0 Å². The minimum atomic E-state index is -2.46. The molecule has 4 rings (SSSR count). The molecule has 3 aromatic rings. The molecule has 3 nitrogen and oxygen atoms in total. The quantitative estimate of drug-likeness (QED) is 0.549. The third-order valence-electron chi connectivity index (χ3n) is 5.27. The van der Waals surface area contributed by atoms with Crippen molar-refractivity contribution < 1.29 is 4.21 Å². The molecular weight excluding hydrogens is 416 g/mol. The summed E-state index contributed by atoms with van der Waals surface area (Å²) in [5.41, 5.74) is 5.49. The largest absolute Gasteiger partial charge is 0.386 e. The van der Waals surface area contributed by atoms with Crippen LogP contribution in [0.3, 0.4) is 0 Å². The molecule has 0 saturated heterocycles. The Kier molecular flexibility index (Phi) is 4.28. The lowest BCUT2D eigenvalue weighted by Crippen LogP contribution is -2.54. The van der Waals surface area contributed by atoms with Crippen molar-refractivity contribution in [2.24, 2.45) is 10.7 Å². The van der Waals surface area contributed by atoms with Gasteiger partial charge in [-0.25, -0.2) is 0 Å². The van der Waals surface area contributed by atoms with Crippen LogP contribution >= 0.6 is 34.3 Å². The Morgan fingerprint density at radius 1 is 1.19 bits per heavy atom. The first kappa shape index (κ1) is 19.0. The summed E-state index contributed by atoms with van der Waals surface area (Å²) in [6.07, 6.45) is 0. The van der Waals surface area contributed by atoms with Gasteiger partial charge in [-0.1, -0.05) is 29.8 Å². The number of benzene rings is 1. The van der Waals surface area contributed by atoms with Crippen LogP contribution < -0.4 is 5.73 Å². The first-order valence-electron chi connectivity index (χ1n) is 8.53. The zero-order valence-electron chi connectivity index (χ0n) is 15.4. The van der Waals surface area contributed by atoms with E-state index in [2.05, 4.69) is 24.1 Å². The molecule has 1 aliphatic rings. The number of rotatable bonds is 2. The first-order valence-corrected chi connectivity index (χ1v) is 12.4. The summed E-state index contributed by atoms with van der Waals surface area (Å²) in [4.78, 5) is 7.90. The molecule has 0 radical (unpaired) electrons. The van der Waals surface area contributed by atoms with E-state index in [1.807, 2.05) is 39.0 Å². The van der Waals surface area contributed by atoms with E-state index in [0.29, 0.717) is 16.6 Å². The Morgan fingerprint density at radius 2 is 1.85 bits per heavy atom. The van der Waals surface area contributed by atoms with Crippen LogP contribution in [0.4, 0.5) is 0 Å². The highest BCUT2D eigenvalue weighted by Crippen LogP contribution is 2.47. The number of thiophene rings is 2. The Bertz CT molecular complexity index is 1150. The maximum Gasteiger partial charge on any atom is 0.113 e. The highest BCUT2D eigenvalue weighted by molar-refractivity contribution is 8.02. The molecule has 0 spiro atoms. The van der Waals surface area contributed by atoms with Gasteiger partial charge in [0.1, 0.15) is 11.4 Å². The second-order valence-electron chi connectivity index (χ2n) is 7.67. The molecule has 2 aromatic heterocycles. The predicted molar refractivity (Wildman–Crippen MR) is 123 cm³/mol. The zero-order valence-corrected chi connectivity index (χ0v) is 18.6. The number of amidine groups is 1. The highest BCUT2D eigenvalue weighted by Gasteiger charge is 2.46. The van der Waals surface area contributed by atoms with Crippen LogP contribution in [0.2, 0.25) is 5.02 Å². The fourth-order valence-corrected chi connectivity index (χ4v) is 8.10. The Balaban J connectivity index is 1.83. The van der Waals surface area contributed by atoms with Crippen molar-refractivity contribution in [1.82, 2.24) is 0 Å². The van der Waals surface area contributed by atoms with Gasteiger partial charge in [-0.3, -0.25) is 9.20 Å². The van der Waals surface area contributed by atoms with Crippen molar-refractivity contribution in [2.45, 2.75) is 31.1 Å². The standard InChI is InChI=1S/C20H21ClN2OS3/c1-19(2)18(22)23-20(3,11-27(19,4)24)17-13(21)10-16(26-17)15-9-12-7-5-6-8-14(12)25-15/h5-10H,4,11H2,1-3H3,(H2,22,23)/t20-,27?/m0/s1. The van der Waals surface area contributed by atoms with Gasteiger partial charge >= 0.3 is 0 Å². The molecule has 0 amide bonds. The first-order chi connectivity index (χ1) is 12.5. The number of halogens is 1. The van der Waals surface area contributed by atoms with E-state index in [1.54, 1.807) is 22.7 Å². The smallest absolute Gasteiger partial charge is 0.113 e. The Hall–Kier alpha value is -1.34. The van der Waals surface area contributed by atoms with Gasteiger partial charge in [0.2, 0.25) is 0 Å². The van der Waals surface area contributed by atoms with E-state index in [4.69, 9.17) is 22.3 Å². The highest BCUT2D eigenvalue weighted by atomic mass is 35.5. The summed E-state index contributed by atoms with van der Waals surface area (Å²) in [6.45, 7) is 5.64. The lowest BCUT2D eigenvalue weighted by atomic mass is 10.0. The van der Waals surface area contributed by atoms with Crippen LogP contribution in [0.25, 0.3) is 19.8 Å². The van der Waals surface area contributed by atoms with Crippen molar-refractivity contribution >= 4 is 65.6 Å². The van der Waals surface area contributed by atoms with Gasteiger partial charge in [0.25, 0.3) is 0 Å². The van der Waals surface area contributed by atoms with Gasteiger partial charge in [0.05, 0.1) is 14.6 Å². The van der Waals surface area contributed by atoms with Crippen molar-refractivity contribution in [3.05, 3.63) is 46.3 Å². The number of fused-ring (bicyclic) bond motifs is 1. The maximum absolute atomic E-state index is 13.3. The van der Waals surface area contributed by atoms with Crippen LogP contribution in [0.1, 0.15) is 25.6 Å². The lowest BCUT2D eigenvalue weighted by molar-refractivity contribution is 0.543. The SMILES string of the molecule is C=S1(=O)C[C@@](C)(c2sc(-c3cc4ccccc4s3)cc2Cl)N=C(N)C1(C)C. The molecule has 0 aliphatic carbocycles. The van der Waals surface area contributed by atoms with Crippen LogP contribution in [-0.2, 0) is 15.1 Å². The fraction of sp³-hybridized carbons (Fsp3) is 0.300. The summed E-state index contributed by atoms with van der Waals surface area (Å²) in [6, 6.07) is 12.5. The molecular formula is C20H21ClN2OS3. The van der Waals surface area contributed by atoms with Gasteiger partial charge in [-0.2, -0.15) is 0 Å². The van der Waals surface area contributed by atoms with Gasteiger partial charge in [0, 0.05) is 20.2 Å². The van der Waals surface area contributed by atoms with Crippen LogP contribution in [-0.4, -0.2) is 26.4 Å². The molecule has 0 fully saturated rings. The van der Waals surface area contributed by atoms with E-state index in [-0.39, 0.29) is 0 Å². The third kappa shape index (κ3) is 2.94. The molecule has 3 heterocycles. The fourth-order valence-electron chi connectivity index (χ4n) is 3.33. The van der Waals surface area contributed by atoms with Crippen molar-refractivity contribution in [3.8, 4) is 9.75 Å². The average molecular weight is 437 g/mol. The van der Waals surface area contributed by atoms with E-state index in [1.165, 1.54) is 15.0 Å². The number of aliphatic imine (C=N–C) groups is 1. The van der Waals surface area contributed by atoms with E-state index < -0.39 is 19.8 Å². The molecule has 27 heavy (non-hydrogen) atoms. The molecule has 142 valence electrons. The van der Waals surface area contributed by atoms with Crippen molar-refractivity contribution in [3.63, 3.8) is 0 Å². The van der Waals surface area contributed by atoms with Gasteiger partial charge < -0.3 is 5.73 Å². The van der Waals surface area contributed by atoms with Crippen LogP contribution in [0.15, 0.2) is 41.4 Å². The minimum Gasteiger partial charge on any atom is -0.386 e. The zero-order chi connectivity index (χ0) is 19.6. The summed E-state index contributed by atoms with van der Waals surface area (Å²) in [7, 11) is -2.46. The molecule has 1 aromatic carbocycles. The topological polar surface area (TPSA) is 55.5 Å². The van der Waals surface area contributed by atoms with E-state index in [9.17, 15) is 4.21 Å². The van der Waals surface area contributed by atoms with Gasteiger partial charge in [0.15, 0.2) is 0 Å². The van der Waals surface area contributed by atoms with Crippen molar-refractivity contribution in [2.75, 3.05) is 5.75 Å². The molecule has 1 unspecified atom stereocenters. The Morgan fingerprint density at radius 3 is 2.52 bits per heavy atom. The molecule has 7 heteroatoms. The van der Waals surface area contributed by atoms with Gasteiger partial charge in [-0.15, -0.1) is 22.7 Å². The van der Waals surface area contributed by atoms with Gasteiger partial charge in [-0.05, 0) is 59.7 Å². The second-order valence-corrected chi connectivity index (χ2v) is 13.1. The summed E-state index contributed by atoms with van der Waals surface area (Å²) >= 11 is 9.96. The minimum absolute atomic E-state index is 0.333. The summed E-state index contributed by atoms with van der Waals surface area (Å²) in [5, 5.41) is 1.86. The second kappa shape index (κ2) is 6.08. The monoisotopic (exact) mass is 436 g/mol. The van der Waals surface area contributed by atoms with Crippen molar-refractivity contribution in [1.29, 1.82) is 0 Å². The Labute approximate surface area is 172 Å².